The average molecular weight is 213 g/mol. The van der Waals surface area contributed by atoms with Crippen LogP contribution >= 0.6 is 0 Å². The molecule has 0 amide bonds. The Bertz CT molecular complexity index is 410. The monoisotopic (exact) mass is 213 g/mol. The SMILES string of the molecule is CNS(=O)(=O)c1ccccc1C(C)C. The lowest BCUT2D eigenvalue weighted by Gasteiger charge is -2.11. The zero-order valence-corrected chi connectivity index (χ0v) is 9.43. The molecule has 0 aliphatic rings. The Kier molecular flexibility index (Phi) is 3.29. The summed E-state index contributed by atoms with van der Waals surface area (Å²) in [6.45, 7) is 3.95. The summed E-state index contributed by atoms with van der Waals surface area (Å²) in [6, 6.07) is 7.05. The summed E-state index contributed by atoms with van der Waals surface area (Å²) in [4.78, 5) is 0.373. The van der Waals surface area contributed by atoms with E-state index in [2.05, 4.69) is 4.72 Å². The molecule has 0 heterocycles. The van der Waals surface area contributed by atoms with Gasteiger partial charge in [0.25, 0.3) is 0 Å². The summed E-state index contributed by atoms with van der Waals surface area (Å²) < 4.78 is 25.6. The predicted octanol–water partition coefficient (Wildman–Crippen LogP) is 1.72. The topological polar surface area (TPSA) is 46.2 Å². The Hall–Kier alpha value is -0.870. The summed E-state index contributed by atoms with van der Waals surface area (Å²) in [5.41, 5.74) is 0.849. The first-order valence-electron chi connectivity index (χ1n) is 4.51. The van der Waals surface area contributed by atoms with Crippen molar-refractivity contribution in [1.82, 2.24) is 4.72 Å². The fourth-order valence-electron chi connectivity index (χ4n) is 1.31. The second kappa shape index (κ2) is 4.11. The third-order valence-corrected chi connectivity index (χ3v) is 3.59. The van der Waals surface area contributed by atoms with Crippen molar-refractivity contribution in [3.05, 3.63) is 29.8 Å². The van der Waals surface area contributed by atoms with Gasteiger partial charge in [0.05, 0.1) is 4.90 Å². The molecule has 1 aromatic carbocycles. The zero-order valence-electron chi connectivity index (χ0n) is 8.61. The Labute approximate surface area is 85.2 Å². The molecule has 14 heavy (non-hydrogen) atoms. The van der Waals surface area contributed by atoms with Gasteiger partial charge in [0, 0.05) is 0 Å². The summed E-state index contributed by atoms with van der Waals surface area (Å²) in [5.74, 6) is 0.203. The van der Waals surface area contributed by atoms with Crippen molar-refractivity contribution < 1.29 is 8.42 Å². The Morgan fingerprint density at radius 2 is 1.79 bits per heavy atom. The molecular weight excluding hydrogens is 198 g/mol. The molecule has 0 radical (unpaired) electrons. The third-order valence-electron chi connectivity index (χ3n) is 2.10. The molecule has 0 aliphatic heterocycles. The third kappa shape index (κ3) is 2.13. The van der Waals surface area contributed by atoms with Crippen LogP contribution in [0.5, 0.6) is 0 Å². The number of sulfonamides is 1. The molecule has 0 bridgehead atoms. The summed E-state index contributed by atoms with van der Waals surface area (Å²) in [6.07, 6.45) is 0. The fourth-order valence-corrected chi connectivity index (χ4v) is 2.40. The highest BCUT2D eigenvalue weighted by Gasteiger charge is 2.16. The number of hydrogen-bond donors (Lipinski definition) is 1. The molecule has 0 fully saturated rings. The molecular formula is C10H15NO2S. The highest BCUT2D eigenvalue weighted by Crippen LogP contribution is 2.22. The maximum Gasteiger partial charge on any atom is 0.240 e. The van der Waals surface area contributed by atoms with E-state index in [1.54, 1.807) is 12.1 Å². The van der Waals surface area contributed by atoms with Crippen LogP contribution in [-0.2, 0) is 10.0 Å². The standard InChI is InChI=1S/C10H15NO2S/c1-8(2)9-6-4-5-7-10(9)14(12,13)11-3/h4-8,11H,1-3H3. The van der Waals surface area contributed by atoms with E-state index in [0.717, 1.165) is 5.56 Å². The molecule has 1 rings (SSSR count). The van der Waals surface area contributed by atoms with Crippen molar-refractivity contribution in [2.45, 2.75) is 24.7 Å². The van der Waals surface area contributed by atoms with E-state index in [1.807, 2.05) is 26.0 Å². The molecule has 4 heteroatoms. The molecule has 0 saturated carbocycles. The van der Waals surface area contributed by atoms with Crippen molar-refractivity contribution in [1.29, 1.82) is 0 Å². The van der Waals surface area contributed by atoms with Gasteiger partial charge in [-0.25, -0.2) is 13.1 Å². The Balaban J connectivity index is 3.35. The van der Waals surface area contributed by atoms with Crippen LogP contribution in [-0.4, -0.2) is 15.5 Å². The molecule has 0 aromatic heterocycles. The first-order chi connectivity index (χ1) is 6.49. The first-order valence-corrected chi connectivity index (χ1v) is 6.00. The van der Waals surface area contributed by atoms with Gasteiger partial charge >= 0.3 is 0 Å². The van der Waals surface area contributed by atoms with Crippen molar-refractivity contribution >= 4 is 10.0 Å². The largest absolute Gasteiger partial charge is 0.240 e. The molecule has 3 nitrogen and oxygen atoms in total. The van der Waals surface area contributed by atoms with Crippen molar-refractivity contribution in [2.75, 3.05) is 7.05 Å². The number of benzene rings is 1. The smallest absolute Gasteiger partial charge is 0.214 e. The summed E-state index contributed by atoms with van der Waals surface area (Å²) >= 11 is 0. The van der Waals surface area contributed by atoms with Crippen LogP contribution in [0.15, 0.2) is 29.2 Å². The molecule has 0 aliphatic carbocycles. The van der Waals surface area contributed by atoms with Crippen LogP contribution in [0.25, 0.3) is 0 Å². The maximum absolute atomic E-state index is 11.6. The van der Waals surface area contributed by atoms with E-state index >= 15 is 0 Å². The minimum absolute atomic E-state index is 0.203. The van der Waals surface area contributed by atoms with E-state index in [1.165, 1.54) is 7.05 Å². The van der Waals surface area contributed by atoms with Crippen molar-refractivity contribution in [3.63, 3.8) is 0 Å². The van der Waals surface area contributed by atoms with Crippen molar-refractivity contribution in [3.8, 4) is 0 Å². The highest BCUT2D eigenvalue weighted by atomic mass is 32.2. The number of nitrogens with one attached hydrogen (secondary N) is 1. The van der Waals surface area contributed by atoms with Gasteiger partial charge in [-0.15, -0.1) is 0 Å². The van der Waals surface area contributed by atoms with E-state index < -0.39 is 10.0 Å². The molecule has 78 valence electrons. The molecule has 1 N–H and O–H groups in total. The van der Waals surface area contributed by atoms with Gasteiger partial charge in [0.15, 0.2) is 0 Å². The van der Waals surface area contributed by atoms with E-state index in [9.17, 15) is 8.42 Å². The normalized spacial score (nSPS) is 12.0. The van der Waals surface area contributed by atoms with Crippen LogP contribution in [0.3, 0.4) is 0 Å². The van der Waals surface area contributed by atoms with Crippen LogP contribution < -0.4 is 4.72 Å². The zero-order chi connectivity index (χ0) is 10.8. The highest BCUT2D eigenvalue weighted by molar-refractivity contribution is 7.89. The first kappa shape index (κ1) is 11.2. The lowest BCUT2D eigenvalue weighted by atomic mass is 10.0. The van der Waals surface area contributed by atoms with Crippen LogP contribution in [0.2, 0.25) is 0 Å². The van der Waals surface area contributed by atoms with E-state index in [4.69, 9.17) is 0 Å². The van der Waals surface area contributed by atoms with E-state index in [0.29, 0.717) is 4.90 Å². The van der Waals surface area contributed by atoms with Gasteiger partial charge < -0.3 is 0 Å². The minimum atomic E-state index is -3.32. The van der Waals surface area contributed by atoms with Gasteiger partial charge in [-0.05, 0) is 24.6 Å². The van der Waals surface area contributed by atoms with E-state index in [-0.39, 0.29) is 5.92 Å². The van der Waals surface area contributed by atoms with Crippen LogP contribution in [0.1, 0.15) is 25.3 Å². The van der Waals surface area contributed by atoms with Gasteiger partial charge in [0.2, 0.25) is 10.0 Å². The molecule has 0 atom stereocenters. The molecule has 1 aromatic rings. The second-order valence-electron chi connectivity index (χ2n) is 3.40. The minimum Gasteiger partial charge on any atom is -0.214 e. The van der Waals surface area contributed by atoms with Gasteiger partial charge in [-0.2, -0.15) is 0 Å². The Morgan fingerprint density at radius 3 is 2.29 bits per heavy atom. The summed E-state index contributed by atoms with van der Waals surface area (Å²) in [5, 5.41) is 0. The fraction of sp³-hybridized carbons (Fsp3) is 0.400. The average Bonchev–Trinajstić information content (AvgIpc) is 2.18. The lowest BCUT2D eigenvalue weighted by molar-refractivity contribution is 0.586. The molecule has 0 spiro atoms. The lowest BCUT2D eigenvalue weighted by Crippen LogP contribution is -2.20. The van der Waals surface area contributed by atoms with Crippen molar-refractivity contribution in [2.24, 2.45) is 0 Å². The second-order valence-corrected chi connectivity index (χ2v) is 5.26. The maximum atomic E-state index is 11.6. The van der Waals surface area contributed by atoms with Gasteiger partial charge in [0.1, 0.15) is 0 Å². The van der Waals surface area contributed by atoms with Gasteiger partial charge in [-0.1, -0.05) is 32.0 Å². The predicted molar refractivity (Wildman–Crippen MR) is 56.8 cm³/mol. The van der Waals surface area contributed by atoms with Crippen LogP contribution in [0.4, 0.5) is 0 Å². The van der Waals surface area contributed by atoms with Crippen LogP contribution in [0, 0.1) is 0 Å². The number of hydrogen-bond acceptors (Lipinski definition) is 2. The quantitative estimate of drug-likeness (QED) is 0.831. The molecule has 0 saturated heterocycles. The molecule has 0 unspecified atom stereocenters. The van der Waals surface area contributed by atoms with Gasteiger partial charge in [-0.3, -0.25) is 0 Å². The number of rotatable bonds is 3. The Morgan fingerprint density at radius 1 is 1.21 bits per heavy atom. The summed E-state index contributed by atoms with van der Waals surface area (Å²) in [7, 11) is -1.90.